The minimum atomic E-state index is -0.0671. The molecule has 1 saturated heterocycles. The van der Waals surface area contributed by atoms with Crippen LogP contribution in [0, 0.1) is 11.3 Å². The summed E-state index contributed by atoms with van der Waals surface area (Å²) < 4.78 is 0. The fourth-order valence-corrected chi connectivity index (χ4v) is 2.87. The Morgan fingerprint density at radius 3 is 2.38 bits per heavy atom. The first-order valence-electron chi connectivity index (χ1n) is 7.95. The number of nitrogens with zero attached hydrogens (tertiary/aromatic N) is 1. The number of amides is 1. The number of hydrogen-bond acceptors (Lipinski definition) is 2. The zero-order valence-corrected chi connectivity index (χ0v) is 13.9. The Morgan fingerprint density at radius 1 is 1.24 bits per heavy atom. The summed E-state index contributed by atoms with van der Waals surface area (Å²) >= 11 is 0. The van der Waals surface area contributed by atoms with E-state index in [1.165, 1.54) is 5.56 Å². The maximum absolute atomic E-state index is 12.8. The van der Waals surface area contributed by atoms with Crippen LogP contribution in [0.3, 0.4) is 0 Å². The first-order valence-corrected chi connectivity index (χ1v) is 7.95. The smallest absolute Gasteiger partial charge is 0.241 e. The SMILES string of the molecule is CCC(C)C1NC(c2ccccc2)N(CC(C)(C)C)C1=O. The van der Waals surface area contributed by atoms with E-state index in [4.69, 9.17) is 0 Å². The molecule has 2 rings (SSSR count). The fraction of sp³-hybridized carbons (Fsp3) is 0.611. The van der Waals surface area contributed by atoms with Crippen LogP contribution in [0.25, 0.3) is 0 Å². The van der Waals surface area contributed by atoms with Gasteiger partial charge in [0.2, 0.25) is 5.91 Å². The Hall–Kier alpha value is -1.35. The minimum Gasteiger partial charge on any atom is -0.321 e. The predicted molar refractivity (Wildman–Crippen MR) is 86.7 cm³/mol. The average molecular weight is 288 g/mol. The zero-order valence-electron chi connectivity index (χ0n) is 13.9. The molecule has 1 aliphatic rings. The summed E-state index contributed by atoms with van der Waals surface area (Å²) in [6.45, 7) is 11.6. The molecule has 1 aliphatic heterocycles. The molecule has 21 heavy (non-hydrogen) atoms. The Kier molecular flexibility index (Phi) is 4.72. The minimum absolute atomic E-state index is 0.00285. The van der Waals surface area contributed by atoms with Crippen molar-refractivity contribution in [3.63, 3.8) is 0 Å². The van der Waals surface area contributed by atoms with Gasteiger partial charge in [0.15, 0.2) is 0 Å². The molecule has 116 valence electrons. The molecule has 1 amide bonds. The quantitative estimate of drug-likeness (QED) is 0.918. The Balaban J connectivity index is 2.29. The third-order valence-electron chi connectivity index (χ3n) is 4.17. The molecule has 1 heterocycles. The summed E-state index contributed by atoms with van der Waals surface area (Å²) in [4.78, 5) is 14.9. The number of rotatable bonds is 4. The van der Waals surface area contributed by atoms with Crippen molar-refractivity contribution in [1.29, 1.82) is 0 Å². The molecule has 1 aromatic carbocycles. The van der Waals surface area contributed by atoms with Crippen molar-refractivity contribution < 1.29 is 4.79 Å². The zero-order chi connectivity index (χ0) is 15.6. The van der Waals surface area contributed by atoms with Gasteiger partial charge in [0.05, 0.1) is 6.04 Å². The Bertz CT molecular complexity index is 478. The molecule has 3 nitrogen and oxygen atoms in total. The number of carbonyl (C=O) groups excluding carboxylic acids is 1. The van der Waals surface area contributed by atoms with Crippen LogP contribution in [-0.2, 0) is 4.79 Å². The monoisotopic (exact) mass is 288 g/mol. The lowest BCUT2D eigenvalue weighted by Gasteiger charge is -2.31. The second-order valence-electron chi connectivity index (χ2n) is 7.37. The lowest BCUT2D eigenvalue weighted by molar-refractivity contribution is -0.132. The lowest BCUT2D eigenvalue weighted by Crippen LogP contribution is -2.38. The predicted octanol–water partition coefficient (Wildman–Crippen LogP) is 3.58. The van der Waals surface area contributed by atoms with Crippen molar-refractivity contribution in [2.75, 3.05) is 6.54 Å². The maximum Gasteiger partial charge on any atom is 0.241 e. The van der Waals surface area contributed by atoms with Crippen molar-refractivity contribution in [2.45, 2.75) is 53.2 Å². The van der Waals surface area contributed by atoms with Crippen molar-refractivity contribution in [3.8, 4) is 0 Å². The van der Waals surface area contributed by atoms with Crippen LogP contribution in [0.15, 0.2) is 30.3 Å². The molecule has 3 unspecified atom stereocenters. The van der Waals surface area contributed by atoms with Gasteiger partial charge in [-0.25, -0.2) is 0 Å². The number of hydrogen-bond donors (Lipinski definition) is 1. The van der Waals surface area contributed by atoms with E-state index in [0.29, 0.717) is 5.92 Å². The second-order valence-corrected chi connectivity index (χ2v) is 7.37. The van der Waals surface area contributed by atoms with E-state index in [1.54, 1.807) is 0 Å². The topological polar surface area (TPSA) is 32.3 Å². The van der Waals surface area contributed by atoms with Gasteiger partial charge in [0.1, 0.15) is 6.17 Å². The van der Waals surface area contributed by atoms with E-state index in [2.05, 4.69) is 52.1 Å². The molecule has 1 aromatic rings. The van der Waals surface area contributed by atoms with Gasteiger partial charge in [0.25, 0.3) is 0 Å². The molecule has 1 fully saturated rings. The summed E-state index contributed by atoms with van der Waals surface area (Å²) in [6.07, 6.45) is 1.01. The first kappa shape index (κ1) is 16.0. The lowest BCUT2D eigenvalue weighted by atomic mass is 9.94. The molecule has 0 spiro atoms. The molecule has 1 N–H and O–H groups in total. The second kappa shape index (κ2) is 6.18. The van der Waals surface area contributed by atoms with Gasteiger partial charge >= 0.3 is 0 Å². The van der Waals surface area contributed by atoms with E-state index >= 15 is 0 Å². The van der Waals surface area contributed by atoms with Crippen LogP contribution >= 0.6 is 0 Å². The standard InChI is InChI=1S/C18H28N2O/c1-6-13(2)15-17(21)20(12-18(3,4)5)16(19-15)14-10-8-7-9-11-14/h7-11,13,15-16,19H,6,12H2,1-5H3. The normalized spacial score (nSPS) is 24.4. The van der Waals surface area contributed by atoms with Crippen LogP contribution in [0.4, 0.5) is 0 Å². The summed E-state index contributed by atoms with van der Waals surface area (Å²) in [7, 11) is 0. The van der Waals surface area contributed by atoms with Crippen molar-refractivity contribution in [3.05, 3.63) is 35.9 Å². The van der Waals surface area contributed by atoms with Crippen molar-refractivity contribution in [2.24, 2.45) is 11.3 Å². The highest BCUT2D eigenvalue weighted by atomic mass is 16.2. The van der Waals surface area contributed by atoms with Gasteiger partial charge in [-0.05, 0) is 16.9 Å². The van der Waals surface area contributed by atoms with E-state index in [-0.39, 0.29) is 23.5 Å². The summed E-state index contributed by atoms with van der Waals surface area (Å²) in [5, 5.41) is 3.56. The third-order valence-corrected chi connectivity index (χ3v) is 4.17. The molecule has 0 aliphatic carbocycles. The molecule has 0 bridgehead atoms. The van der Waals surface area contributed by atoms with E-state index < -0.39 is 0 Å². The third kappa shape index (κ3) is 3.65. The highest BCUT2D eigenvalue weighted by Crippen LogP contribution is 2.31. The van der Waals surface area contributed by atoms with Crippen LogP contribution in [0.2, 0.25) is 0 Å². The van der Waals surface area contributed by atoms with Gasteiger partial charge in [-0.1, -0.05) is 71.4 Å². The number of nitrogens with one attached hydrogen (secondary N) is 1. The van der Waals surface area contributed by atoms with E-state index in [9.17, 15) is 4.79 Å². The van der Waals surface area contributed by atoms with E-state index in [0.717, 1.165) is 13.0 Å². The van der Waals surface area contributed by atoms with E-state index in [1.807, 2.05) is 23.1 Å². The molecular formula is C18H28N2O. The number of benzene rings is 1. The Morgan fingerprint density at radius 2 is 1.86 bits per heavy atom. The summed E-state index contributed by atoms with van der Waals surface area (Å²) in [5.74, 6) is 0.599. The fourth-order valence-electron chi connectivity index (χ4n) is 2.87. The van der Waals surface area contributed by atoms with Crippen LogP contribution in [0.1, 0.15) is 52.8 Å². The first-order chi connectivity index (χ1) is 9.83. The largest absolute Gasteiger partial charge is 0.321 e. The van der Waals surface area contributed by atoms with Crippen molar-refractivity contribution >= 4 is 5.91 Å². The number of carbonyl (C=O) groups is 1. The molecule has 3 heteroatoms. The van der Waals surface area contributed by atoms with Gasteiger partial charge in [-0.3, -0.25) is 10.1 Å². The molecular weight excluding hydrogens is 260 g/mol. The van der Waals surface area contributed by atoms with Crippen LogP contribution in [0.5, 0.6) is 0 Å². The maximum atomic E-state index is 12.8. The van der Waals surface area contributed by atoms with Crippen LogP contribution in [-0.4, -0.2) is 23.4 Å². The summed E-state index contributed by atoms with van der Waals surface area (Å²) in [5.41, 5.74) is 1.26. The molecule has 0 aromatic heterocycles. The summed E-state index contributed by atoms with van der Waals surface area (Å²) in [6, 6.07) is 10.2. The highest BCUT2D eigenvalue weighted by Gasteiger charge is 2.42. The van der Waals surface area contributed by atoms with Gasteiger partial charge in [0, 0.05) is 6.54 Å². The van der Waals surface area contributed by atoms with Gasteiger partial charge in [-0.2, -0.15) is 0 Å². The van der Waals surface area contributed by atoms with Gasteiger partial charge in [-0.15, -0.1) is 0 Å². The average Bonchev–Trinajstić information content (AvgIpc) is 2.75. The van der Waals surface area contributed by atoms with Gasteiger partial charge < -0.3 is 4.90 Å². The van der Waals surface area contributed by atoms with Crippen molar-refractivity contribution in [1.82, 2.24) is 10.2 Å². The molecule has 0 radical (unpaired) electrons. The highest BCUT2D eigenvalue weighted by molar-refractivity contribution is 5.85. The Labute approximate surface area is 128 Å². The molecule has 3 atom stereocenters. The molecule has 0 saturated carbocycles. The van der Waals surface area contributed by atoms with Crippen LogP contribution < -0.4 is 5.32 Å².